The van der Waals surface area contributed by atoms with Crippen molar-refractivity contribution in [3.63, 3.8) is 0 Å². The zero-order chi connectivity index (χ0) is 88.0. The number of pyridine rings is 4. The molecule has 12 aromatic rings. The molecule has 6 heterocycles. The summed E-state index contributed by atoms with van der Waals surface area (Å²) in [5.41, 5.74) is 11.4. The van der Waals surface area contributed by atoms with Crippen molar-refractivity contribution in [3.05, 3.63) is 281 Å². The van der Waals surface area contributed by atoms with Crippen molar-refractivity contribution in [1.82, 2.24) is 24.8 Å². The molecule has 4 aromatic heterocycles. The van der Waals surface area contributed by atoms with Crippen molar-refractivity contribution < 1.29 is 51.3 Å². The van der Waals surface area contributed by atoms with Gasteiger partial charge in [0.25, 0.3) is 0 Å². The minimum absolute atomic E-state index is 0.0664. The maximum absolute atomic E-state index is 13.6. The summed E-state index contributed by atoms with van der Waals surface area (Å²) >= 11 is 10.7. The average Bonchev–Trinajstić information content (AvgIpc) is 1.17. The molecule has 17 nitrogen and oxygen atoms in total. The number of hydrogen-bond acceptors (Lipinski definition) is 20. The number of carbonyl (C=O) groups is 4. The number of ketones is 3. The standard InChI is InChI=1S/C28H22N2O2S.C27H26N2O3S.C25H22N2O2S.C20H17ClF3N3OS/c1-32-27-15-9-8-14-23(27)24-17-26(21-12-6-3-7-13-21)30-28(25(24)18-29)33-19-22(31)16-20-10-4-2-5-11-20;1-31-22-12-9-19(10-13-22)24-16-26(20-6-3-2-4-7-20)29-27(25(24)17-28)33-18-21(30)11-14-23-8-5-15-32-23;1-29-21-11-9-18(10-12-21)22-14-24(19-5-3-2-4-6-19)27-25(23(22)15-26)30-16-20(28)13-17-7-8-17;21-14-6-4-13(5-7-14)17-10-16(20(22,23)24)15(11-25)19(26-17)29-12-18(28)27-8-2-1-3-9-27/h2-15,17H,16,19H2,1H3;2-4,6-7,9-10,12-13,16,23H,5,8,11,14-15,18H2,1H3;2-6,9-12,14,17H,7-8,13,16H2,1H3;4-7,10H,1-3,8-9,12H2. The van der Waals surface area contributed by atoms with E-state index >= 15 is 0 Å². The number of amides is 1. The molecule has 125 heavy (non-hydrogen) atoms. The zero-order valence-corrected chi connectivity index (χ0v) is 72.9. The first-order valence-corrected chi connectivity index (χ1v) is 44.9. The number of thioether (sulfide) groups is 4. The fourth-order valence-corrected chi connectivity index (χ4v) is 17.6. The lowest BCUT2D eigenvalue weighted by Crippen LogP contribution is -2.36. The zero-order valence-electron chi connectivity index (χ0n) is 68.9. The van der Waals surface area contributed by atoms with Gasteiger partial charge in [0.15, 0.2) is 0 Å². The van der Waals surface area contributed by atoms with E-state index in [2.05, 4.69) is 23.2 Å². The van der Waals surface area contributed by atoms with Crippen LogP contribution in [0.2, 0.25) is 5.02 Å². The van der Waals surface area contributed by atoms with Gasteiger partial charge in [0.05, 0.1) is 101 Å². The second-order valence-corrected chi connectivity index (χ2v) is 33.6. The lowest BCUT2D eigenvalue weighted by molar-refractivity contribution is -0.138. The summed E-state index contributed by atoms with van der Waals surface area (Å²) in [4.78, 5) is 70.2. The number of aromatic nitrogens is 4. The van der Waals surface area contributed by atoms with Crippen LogP contribution >= 0.6 is 58.6 Å². The molecule has 25 heteroatoms. The van der Waals surface area contributed by atoms with Gasteiger partial charge < -0.3 is 23.8 Å². The monoisotopic (exact) mass is 1760 g/mol. The van der Waals surface area contributed by atoms with E-state index in [1.807, 2.05) is 212 Å². The molecule has 1 unspecified atom stereocenters. The molecule has 2 aliphatic heterocycles. The fourth-order valence-electron chi connectivity index (χ4n) is 13.9. The molecule has 3 fully saturated rings. The molecule has 3 aliphatic rings. The Morgan fingerprint density at radius 3 is 1.32 bits per heavy atom. The molecule has 0 radical (unpaired) electrons. The van der Waals surface area contributed by atoms with E-state index in [0.29, 0.717) is 92.1 Å². The molecule has 0 spiro atoms. The molecule has 1 atom stereocenters. The van der Waals surface area contributed by atoms with E-state index < -0.39 is 17.3 Å². The van der Waals surface area contributed by atoms with E-state index in [1.165, 1.54) is 35.3 Å². The number of piperidine rings is 1. The van der Waals surface area contributed by atoms with Crippen LogP contribution in [0.4, 0.5) is 13.2 Å². The molecule has 632 valence electrons. The summed E-state index contributed by atoms with van der Waals surface area (Å²) < 4.78 is 62.5. The Labute approximate surface area is 747 Å². The number of halogens is 4. The van der Waals surface area contributed by atoms with Crippen LogP contribution in [0.25, 0.3) is 78.4 Å². The van der Waals surface area contributed by atoms with Crippen LogP contribution in [0.15, 0.2) is 263 Å². The van der Waals surface area contributed by atoms with Gasteiger partial charge in [0.1, 0.15) is 79.0 Å². The molecular formula is C100H87ClF3N9O8S4. The Morgan fingerprint density at radius 2 is 0.864 bits per heavy atom. The van der Waals surface area contributed by atoms with E-state index in [1.54, 1.807) is 56.6 Å². The number of benzene rings is 8. The number of ether oxygens (including phenoxy) is 4. The lowest BCUT2D eigenvalue weighted by Gasteiger charge is -2.26. The van der Waals surface area contributed by atoms with Crippen molar-refractivity contribution in [2.45, 2.75) is 103 Å². The van der Waals surface area contributed by atoms with Crippen LogP contribution in [0, 0.1) is 51.2 Å². The van der Waals surface area contributed by atoms with E-state index in [9.17, 15) is 53.4 Å². The third kappa shape index (κ3) is 25.9. The van der Waals surface area contributed by atoms with Crippen molar-refractivity contribution in [2.75, 3.05) is 64.0 Å². The number of para-hydroxylation sites is 1. The quantitative estimate of drug-likeness (QED) is 0.0395. The van der Waals surface area contributed by atoms with Crippen LogP contribution < -0.4 is 14.2 Å². The first-order valence-electron chi connectivity index (χ1n) is 40.6. The molecule has 0 bridgehead atoms. The highest BCUT2D eigenvalue weighted by atomic mass is 35.5. The predicted octanol–water partition coefficient (Wildman–Crippen LogP) is 23.3. The second kappa shape index (κ2) is 45.9. The van der Waals surface area contributed by atoms with Crippen LogP contribution in [0.5, 0.6) is 17.2 Å². The second-order valence-electron chi connectivity index (χ2n) is 29.3. The smallest absolute Gasteiger partial charge is 0.417 e. The molecule has 2 saturated heterocycles. The van der Waals surface area contributed by atoms with E-state index in [-0.39, 0.29) is 57.3 Å². The van der Waals surface area contributed by atoms with Crippen molar-refractivity contribution in [3.8, 4) is 120 Å². The summed E-state index contributed by atoms with van der Waals surface area (Å²) in [7, 11) is 4.87. The largest absolute Gasteiger partial charge is 0.497 e. The predicted molar refractivity (Wildman–Crippen MR) is 488 cm³/mol. The number of nitriles is 4. The average molecular weight is 1760 g/mol. The summed E-state index contributed by atoms with van der Waals surface area (Å²) in [6.45, 7) is 2.09. The number of carbonyl (C=O) groups excluding carboxylic acids is 4. The Hall–Kier alpha value is -12.4. The van der Waals surface area contributed by atoms with Crippen LogP contribution in [0.3, 0.4) is 0 Å². The molecule has 8 aromatic carbocycles. The van der Waals surface area contributed by atoms with Crippen molar-refractivity contribution in [2.24, 2.45) is 5.92 Å². The topological polar surface area (TPSA) is 255 Å². The number of methoxy groups -OCH3 is 3. The van der Waals surface area contributed by atoms with Gasteiger partial charge in [-0.05, 0) is 141 Å². The summed E-state index contributed by atoms with van der Waals surface area (Å²) in [6, 6.07) is 83.6. The van der Waals surface area contributed by atoms with E-state index in [4.69, 9.17) is 45.5 Å². The summed E-state index contributed by atoms with van der Waals surface area (Å²) in [6.07, 6.45) is 5.05. The van der Waals surface area contributed by atoms with Crippen LogP contribution in [-0.4, -0.2) is 118 Å². The van der Waals surface area contributed by atoms with Gasteiger partial charge in [-0.1, -0.05) is 235 Å². The lowest BCUT2D eigenvalue weighted by atomic mass is 9.98. The maximum atomic E-state index is 13.6. The molecule has 1 amide bonds. The van der Waals surface area contributed by atoms with Gasteiger partial charge in [-0.2, -0.15) is 34.2 Å². The fraction of sp³-hybridized carbons (Fsp3) is 0.240. The van der Waals surface area contributed by atoms with Gasteiger partial charge in [-0.3, -0.25) is 19.2 Å². The highest BCUT2D eigenvalue weighted by Gasteiger charge is 2.37. The van der Waals surface area contributed by atoms with Gasteiger partial charge in [-0.25, -0.2) is 19.9 Å². The number of Topliss-reactive ketones (excluding diaryl/α,β-unsaturated/α-hetero) is 3. The number of rotatable bonds is 29. The molecule has 0 N–H and O–H groups in total. The SMILES string of the molecule is COc1ccc(-c2cc(-c3ccccc3)nc(SCC(=O)CC3CC3)c2C#N)cc1.COc1ccc(-c2cc(-c3ccccc3)nc(SCC(=O)CCC3CCCO3)c2C#N)cc1.COc1ccccc1-c1cc(-c2ccccc2)nc(SCC(=O)Cc2ccccc2)c1C#N.N#Cc1c(C(F)(F)F)cc(-c2ccc(Cl)cc2)nc1SCC(=O)N1CCCCC1. The van der Waals surface area contributed by atoms with Gasteiger partial charge in [-0.15, -0.1) is 0 Å². The molecular weight excluding hydrogens is 1680 g/mol. The molecule has 1 aliphatic carbocycles. The third-order valence-corrected chi connectivity index (χ3v) is 24.9. The maximum Gasteiger partial charge on any atom is 0.417 e. The Balaban J connectivity index is 0.000000152. The molecule has 1 saturated carbocycles. The van der Waals surface area contributed by atoms with Gasteiger partial charge >= 0.3 is 6.18 Å². The van der Waals surface area contributed by atoms with Crippen LogP contribution in [-0.2, 0) is 36.5 Å². The number of nitrogens with zero attached hydrogens (tertiary/aromatic N) is 9. The Kier molecular flexibility index (Phi) is 33.7. The summed E-state index contributed by atoms with van der Waals surface area (Å²) in [5, 5.41) is 41.4. The summed E-state index contributed by atoms with van der Waals surface area (Å²) in [5.74, 6) is 3.85. The minimum Gasteiger partial charge on any atom is -0.497 e. The van der Waals surface area contributed by atoms with Crippen LogP contribution in [0.1, 0.15) is 97.6 Å². The van der Waals surface area contributed by atoms with Crippen molar-refractivity contribution in [1.29, 1.82) is 21.0 Å². The van der Waals surface area contributed by atoms with Gasteiger partial charge in [0, 0.05) is 88.5 Å². The third-order valence-electron chi connectivity index (χ3n) is 20.6. The van der Waals surface area contributed by atoms with Crippen molar-refractivity contribution >= 4 is 81.9 Å². The minimum atomic E-state index is -4.72. The molecule has 15 rings (SSSR count). The Bertz CT molecular complexity index is 5910. The first kappa shape index (κ1) is 91.8. The highest BCUT2D eigenvalue weighted by Crippen LogP contribution is 2.43. The normalized spacial score (nSPS) is 13.2. The number of likely N-dealkylation sites (tertiary alicyclic amines) is 1. The number of hydrogen-bond donors (Lipinski definition) is 0. The van der Waals surface area contributed by atoms with Gasteiger partial charge in [0.2, 0.25) is 5.91 Å². The first-order chi connectivity index (χ1) is 60.8. The highest BCUT2D eigenvalue weighted by molar-refractivity contribution is 8.00. The Morgan fingerprint density at radius 1 is 0.448 bits per heavy atom. The van der Waals surface area contributed by atoms with E-state index in [0.717, 1.165) is 160 Å². The number of alkyl halides is 3.